The second-order valence-corrected chi connectivity index (χ2v) is 5.51. The van der Waals surface area contributed by atoms with E-state index in [1.165, 1.54) is 11.1 Å². The maximum atomic E-state index is 11.9. The summed E-state index contributed by atoms with van der Waals surface area (Å²) in [6.45, 7) is 2.48. The highest BCUT2D eigenvalue weighted by atomic mass is 35.5. The summed E-state index contributed by atoms with van der Waals surface area (Å²) in [6, 6.07) is 6.41. The number of benzene rings is 1. The first-order valence-electron chi connectivity index (χ1n) is 7.26. The molecule has 0 radical (unpaired) electrons. The lowest BCUT2D eigenvalue weighted by atomic mass is 10.1. The van der Waals surface area contributed by atoms with Crippen LogP contribution in [0.15, 0.2) is 30.6 Å². The van der Waals surface area contributed by atoms with E-state index in [4.69, 9.17) is 0 Å². The Kier molecular flexibility index (Phi) is 7.55. The molecule has 0 aliphatic carbocycles. The van der Waals surface area contributed by atoms with Crippen LogP contribution in [-0.4, -0.2) is 15.7 Å². The van der Waals surface area contributed by atoms with Gasteiger partial charge in [0.05, 0.1) is 6.20 Å². The van der Waals surface area contributed by atoms with Crippen molar-refractivity contribution in [2.45, 2.75) is 32.5 Å². The third kappa shape index (κ3) is 5.23. The van der Waals surface area contributed by atoms with E-state index in [2.05, 4.69) is 33.9 Å². The van der Waals surface area contributed by atoms with Gasteiger partial charge in [-0.15, -0.1) is 24.8 Å². The number of amides is 1. The van der Waals surface area contributed by atoms with Gasteiger partial charge < -0.3 is 10.6 Å². The van der Waals surface area contributed by atoms with E-state index < -0.39 is 0 Å². The van der Waals surface area contributed by atoms with Gasteiger partial charge in [0.15, 0.2) is 0 Å². The monoisotopic (exact) mass is 356 g/mol. The third-order valence-electron chi connectivity index (χ3n) is 3.79. The molecule has 0 spiro atoms. The standard InChI is InChI=1S/C16H20N4O.2ClH/c1-20-11-13(8-19-20)3-5-16(21)18-7-12-2-4-14-9-17-10-15(14)6-12;;/h2,4,6,8,11,17H,3,5,7,9-10H2,1H3,(H,18,21);2*1H. The van der Waals surface area contributed by atoms with Crippen molar-refractivity contribution in [3.63, 3.8) is 0 Å². The molecule has 126 valence electrons. The van der Waals surface area contributed by atoms with Crippen LogP contribution in [-0.2, 0) is 37.9 Å². The van der Waals surface area contributed by atoms with E-state index in [1.807, 2.05) is 13.2 Å². The van der Waals surface area contributed by atoms with E-state index in [0.717, 1.165) is 30.6 Å². The van der Waals surface area contributed by atoms with Crippen LogP contribution < -0.4 is 10.6 Å². The summed E-state index contributed by atoms with van der Waals surface area (Å²) in [5, 5.41) is 10.4. The van der Waals surface area contributed by atoms with Crippen LogP contribution in [0, 0.1) is 0 Å². The Hall–Kier alpha value is -1.56. The molecule has 2 N–H and O–H groups in total. The van der Waals surface area contributed by atoms with Gasteiger partial charge in [-0.1, -0.05) is 18.2 Å². The highest BCUT2D eigenvalue weighted by Crippen LogP contribution is 2.16. The molecule has 0 atom stereocenters. The van der Waals surface area contributed by atoms with Crippen LogP contribution in [0.1, 0.15) is 28.7 Å². The predicted octanol–water partition coefficient (Wildman–Crippen LogP) is 2.12. The van der Waals surface area contributed by atoms with Crippen molar-refractivity contribution in [2.24, 2.45) is 7.05 Å². The lowest BCUT2D eigenvalue weighted by molar-refractivity contribution is -0.121. The minimum absolute atomic E-state index is 0. The number of rotatable bonds is 5. The van der Waals surface area contributed by atoms with Gasteiger partial charge >= 0.3 is 0 Å². The van der Waals surface area contributed by atoms with Crippen LogP contribution in [0.25, 0.3) is 0 Å². The number of aromatic nitrogens is 2. The fraction of sp³-hybridized carbons (Fsp3) is 0.375. The average Bonchev–Trinajstić information content (AvgIpc) is 3.10. The number of halogens is 2. The highest BCUT2D eigenvalue weighted by molar-refractivity contribution is 5.85. The maximum absolute atomic E-state index is 11.9. The van der Waals surface area contributed by atoms with E-state index in [9.17, 15) is 4.79 Å². The number of nitrogens with one attached hydrogen (secondary N) is 2. The van der Waals surface area contributed by atoms with Gasteiger partial charge in [0.1, 0.15) is 0 Å². The van der Waals surface area contributed by atoms with Crippen LogP contribution in [0.4, 0.5) is 0 Å². The molecule has 5 nitrogen and oxygen atoms in total. The zero-order valence-electron chi connectivity index (χ0n) is 13.0. The maximum Gasteiger partial charge on any atom is 0.220 e. The molecular weight excluding hydrogens is 335 g/mol. The predicted molar refractivity (Wildman–Crippen MR) is 94.9 cm³/mol. The van der Waals surface area contributed by atoms with E-state index in [-0.39, 0.29) is 30.7 Å². The van der Waals surface area contributed by atoms with Gasteiger partial charge in [0, 0.05) is 39.3 Å². The Morgan fingerprint density at radius 3 is 2.78 bits per heavy atom. The lowest BCUT2D eigenvalue weighted by Crippen LogP contribution is -2.23. The Morgan fingerprint density at radius 2 is 2.04 bits per heavy atom. The second-order valence-electron chi connectivity index (χ2n) is 5.51. The minimum atomic E-state index is 0. The summed E-state index contributed by atoms with van der Waals surface area (Å²) in [4.78, 5) is 11.9. The van der Waals surface area contributed by atoms with Crippen molar-refractivity contribution in [3.05, 3.63) is 52.8 Å². The van der Waals surface area contributed by atoms with Crippen molar-refractivity contribution in [3.8, 4) is 0 Å². The van der Waals surface area contributed by atoms with Gasteiger partial charge in [-0.3, -0.25) is 9.48 Å². The topological polar surface area (TPSA) is 59.0 Å². The molecule has 2 aromatic rings. The molecule has 1 aromatic heterocycles. The summed E-state index contributed by atoms with van der Waals surface area (Å²) in [6.07, 6.45) is 4.98. The Labute approximate surface area is 148 Å². The molecule has 1 aliphatic rings. The Bertz CT molecular complexity index is 657. The summed E-state index contributed by atoms with van der Waals surface area (Å²) in [5.41, 5.74) is 4.96. The summed E-state index contributed by atoms with van der Waals surface area (Å²) < 4.78 is 1.76. The van der Waals surface area contributed by atoms with Crippen LogP contribution in [0.2, 0.25) is 0 Å². The zero-order chi connectivity index (χ0) is 14.7. The van der Waals surface area contributed by atoms with Crippen molar-refractivity contribution in [2.75, 3.05) is 0 Å². The van der Waals surface area contributed by atoms with Crippen molar-refractivity contribution in [1.29, 1.82) is 0 Å². The molecule has 1 amide bonds. The second kappa shape index (κ2) is 8.91. The fourth-order valence-electron chi connectivity index (χ4n) is 2.61. The number of hydrogen-bond donors (Lipinski definition) is 2. The summed E-state index contributed by atoms with van der Waals surface area (Å²) >= 11 is 0. The van der Waals surface area contributed by atoms with Crippen molar-refractivity contribution in [1.82, 2.24) is 20.4 Å². The lowest BCUT2D eigenvalue weighted by Gasteiger charge is -2.07. The van der Waals surface area contributed by atoms with Crippen LogP contribution in [0.5, 0.6) is 0 Å². The molecule has 1 aliphatic heterocycles. The molecule has 7 heteroatoms. The largest absolute Gasteiger partial charge is 0.352 e. The molecule has 0 bridgehead atoms. The first-order chi connectivity index (χ1) is 10.2. The molecular formula is C16H22Cl2N4O. The van der Waals surface area contributed by atoms with Crippen LogP contribution >= 0.6 is 24.8 Å². The first-order valence-corrected chi connectivity index (χ1v) is 7.26. The highest BCUT2D eigenvalue weighted by Gasteiger charge is 2.10. The van der Waals surface area contributed by atoms with Crippen molar-refractivity contribution < 1.29 is 4.79 Å². The number of hydrogen-bond acceptors (Lipinski definition) is 3. The van der Waals surface area contributed by atoms with E-state index in [1.54, 1.807) is 10.9 Å². The van der Waals surface area contributed by atoms with Crippen molar-refractivity contribution >= 4 is 30.7 Å². The molecule has 0 saturated heterocycles. The van der Waals surface area contributed by atoms with Gasteiger partial charge in [-0.2, -0.15) is 5.10 Å². The quantitative estimate of drug-likeness (QED) is 0.862. The number of nitrogens with zero attached hydrogens (tertiary/aromatic N) is 2. The summed E-state index contributed by atoms with van der Waals surface area (Å²) in [7, 11) is 1.88. The third-order valence-corrected chi connectivity index (χ3v) is 3.79. The normalized spacial score (nSPS) is 12.0. The Balaban J connectivity index is 0.00000132. The van der Waals surface area contributed by atoms with Gasteiger partial charge in [0.25, 0.3) is 0 Å². The molecule has 0 unspecified atom stereocenters. The minimum Gasteiger partial charge on any atom is -0.352 e. The zero-order valence-corrected chi connectivity index (χ0v) is 14.7. The number of aryl methyl sites for hydroxylation is 2. The summed E-state index contributed by atoms with van der Waals surface area (Å²) in [5.74, 6) is 0.0810. The van der Waals surface area contributed by atoms with Gasteiger partial charge in [-0.25, -0.2) is 0 Å². The van der Waals surface area contributed by atoms with Gasteiger partial charge in [0.2, 0.25) is 5.91 Å². The Morgan fingerprint density at radius 1 is 1.26 bits per heavy atom. The fourth-order valence-corrected chi connectivity index (χ4v) is 2.61. The number of carbonyl (C=O) groups excluding carboxylic acids is 1. The van der Waals surface area contributed by atoms with E-state index in [0.29, 0.717) is 13.0 Å². The molecule has 3 rings (SSSR count). The molecule has 23 heavy (non-hydrogen) atoms. The smallest absolute Gasteiger partial charge is 0.220 e. The SMILES string of the molecule is Cl.Cl.Cn1cc(CCC(=O)NCc2ccc3c(c2)CNC3)cn1. The molecule has 2 heterocycles. The molecule has 0 fully saturated rings. The van der Waals surface area contributed by atoms with Crippen LogP contribution in [0.3, 0.4) is 0 Å². The molecule has 0 saturated carbocycles. The van der Waals surface area contributed by atoms with E-state index >= 15 is 0 Å². The molecule has 1 aromatic carbocycles. The number of carbonyl (C=O) groups is 1. The first kappa shape index (κ1) is 19.5. The average molecular weight is 357 g/mol. The van der Waals surface area contributed by atoms with Gasteiger partial charge in [-0.05, 0) is 28.7 Å². The number of fused-ring (bicyclic) bond motifs is 1.